The minimum Gasteiger partial charge on any atom is -0.444 e. The minimum atomic E-state index is -0.635. The number of rotatable bonds is 4. The molecule has 2 fully saturated rings. The van der Waals surface area contributed by atoms with Crippen LogP contribution >= 0.6 is 0 Å². The number of fused-ring (bicyclic) bond motifs is 1. The Morgan fingerprint density at radius 3 is 2.30 bits per heavy atom. The molecule has 0 radical (unpaired) electrons. The quantitative estimate of drug-likeness (QED) is 0.833. The first-order chi connectivity index (χ1) is 12.6. The highest BCUT2D eigenvalue weighted by molar-refractivity contribution is 5.94. The van der Waals surface area contributed by atoms with Gasteiger partial charge >= 0.3 is 6.09 Å². The fraction of sp³-hybridized carbons (Fsp3) is 0.526. The lowest BCUT2D eigenvalue weighted by molar-refractivity contribution is -0.120. The molecule has 0 aromatic heterocycles. The number of nitrogens with one attached hydrogen (secondary N) is 2. The maximum Gasteiger partial charge on any atom is 0.408 e. The Balaban J connectivity index is 1.40. The first kappa shape index (κ1) is 19.1. The molecule has 0 spiro atoms. The molecule has 1 aromatic carbocycles. The summed E-state index contributed by atoms with van der Waals surface area (Å²) in [5.74, 6) is -0.339. The molecular weight excluding hydrogens is 353 g/mol. The number of hydrogen-bond acceptors (Lipinski definition) is 4. The van der Waals surface area contributed by atoms with Crippen LogP contribution in [0.25, 0.3) is 0 Å². The second-order valence-electron chi connectivity index (χ2n) is 7.99. The van der Waals surface area contributed by atoms with Crippen molar-refractivity contribution in [3.05, 3.63) is 35.6 Å². The van der Waals surface area contributed by atoms with Gasteiger partial charge in [-0.1, -0.05) is 0 Å². The Morgan fingerprint density at radius 1 is 1.15 bits per heavy atom. The summed E-state index contributed by atoms with van der Waals surface area (Å²) in [6, 6.07) is 5.51. The molecule has 1 saturated carbocycles. The van der Waals surface area contributed by atoms with Gasteiger partial charge < -0.3 is 20.3 Å². The molecule has 1 aromatic rings. The van der Waals surface area contributed by atoms with Crippen LogP contribution in [0.15, 0.2) is 24.3 Å². The number of halogens is 1. The summed E-state index contributed by atoms with van der Waals surface area (Å²) in [5.41, 5.74) is -0.158. The Labute approximate surface area is 157 Å². The van der Waals surface area contributed by atoms with E-state index in [-0.39, 0.29) is 42.1 Å². The number of benzene rings is 1. The SMILES string of the molecule is CC(C)(C)OC(=O)NCC(=O)NC1C2CN(C(=O)c3ccc(F)cc3)CC21. The zero-order chi connectivity index (χ0) is 19.8. The van der Waals surface area contributed by atoms with Crippen molar-refractivity contribution in [3.63, 3.8) is 0 Å². The summed E-state index contributed by atoms with van der Waals surface area (Å²) in [5, 5.41) is 5.31. The van der Waals surface area contributed by atoms with E-state index >= 15 is 0 Å². The normalized spacial score (nSPS) is 23.4. The van der Waals surface area contributed by atoms with Crippen LogP contribution in [0.2, 0.25) is 0 Å². The molecule has 7 nitrogen and oxygen atoms in total. The van der Waals surface area contributed by atoms with E-state index in [2.05, 4.69) is 10.6 Å². The number of alkyl carbamates (subject to hydrolysis) is 1. The van der Waals surface area contributed by atoms with Crippen LogP contribution in [0.1, 0.15) is 31.1 Å². The second-order valence-corrected chi connectivity index (χ2v) is 7.99. The lowest BCUT2D eigenvalue weighted by atomic mass is 10.2. The van der Waals surface area contributed by atoms with Crippen LogP contribution in [0.5, 0.6) is 0 Å². The second kappa shape index (κ2) is 7.17. The standard InChI is InChI=1S/C19H24FN3O4/c1-19(2,3)27-18(26)21-8-15(24)22-16-13-9-23(10-14(13)16)17(25)11-4-6-12(20)7-5-11/h4-7,13-14,16H,8-10H2,1-3H3,(H,21,26)(H,22,24). The van der Waals surface area contributed by atoms with E-state index in [9.17, 15) is 18.8 Å². The molecule has 3 rings (SSSR count). The maximum atomic E-state index is 13.0. The Morgan fingerprint density at radius 2 is 1.74 bits per heavy atom. The summed E-state index contributed by atoms with van der Waals surface area (Å²) in [6.45, 7) is 6.21. The van der Waals surface area contributed by atoms with Gasteiger partial charge in [-0.2, -0.15) is 0 Å². The van der Waals surface area contributed by atoms with Crippen molar-refractivity contribution in [2.75, 3.05) is 19.6 Å². The van der Waals surface area contributed by atoms with E-state index in [0.29, 0.717) is 18.7 Å². The highest BCUT2D eigenvalue weighted by Crippen LogP contribution is 2.45. The number of nitrogens with zero attached hydrogens (tertiary/aromatic N) is 1. The molecule has 1 saturated heterocycles. The van der Waals surface area contributed by atoms with Crippen molar-refractivity contribution in [1.29, 1.82) is 0 Å². The van der Waals surface area contributed by atoms with E-state index in [4.69, 9.17) is 4.74 Å². The third-order valence-corrected chi connectivity index (χ3v) is 4.69. The molecular formula is C19H24FN3O4. The molecule has 2 N–H and O–H groups in total. The lowest BCUT2D eigenvalue weighted by Gasteiger charge is -2.21. The number of piperidine rings is 1. The summed E-state index contributed by atoms with van der Waals surface area (Å²) in [6.07, 6.45) is -0.635. The molecule has 1 aliphatic heterocycles. The van der Waals surface area contributed by atoms with E-state index in [1.54, 1.807) is 25.7 Å². The molecule has 0 bridgehead atoms. The van der Waals surface area contributed by atoms with Crippen LogP contribution in [-0.4, -0.2) is 54.1 Å². The molecule has 2 unspecified atom stereocenters. The molecule has 1 aliphatic carbocycles. The van der Waals surface area contributed by atoms with E-state index < -0.39 is 11.7 Å². The van der Waals surface area contributed by atoms with Gasteiger partial charge in [-0.3, -0.25) is 9.59 Å². The van der Waals surface area contributed by atoms with Crippen molar-refractivity contribution in [2.24, 2.45) is 11.8 Å². The third kappa shape index (κ3) is 4.75. The molecule has 3 amide bonds. The topological polar surface area (TPSA) is 87.7 Å². The zero-order valence-corrected chi connectivity index (χ0v) is 15.6. The Hall–Kier alpha value is -2.64. The van der Waals surface area contributed by atoms with Gasteiger partial charge in [0.05, 0.1) is 0 Å². The van der Waals surface area contributed by atoms with Gasteiger partial charge in [0.25, 0.3) is 5.91 Å². The van der Waals surface area contributed by atoms with Crippen molar-refractivity contribution in [2.45, 2.75) is 32.4 Å². The predicted octanol–water partition coefficient (Wildman–Crippen LogP) is 1.54. The smallest absolute Gasteiger partial charge is 0.408 e. The zero-order valence-electron chi connectivity index (χ0n) is 15.6. The van der Waals surface area contributed by atoms with E-state index in [0.717, 1.165) is 0 Å². The summed E-state index contributed by atoms with van der Waals surface area (Å²) in [7, 11) is 0. The number of hydrogen-bond donors (Lipinski definition) is 2. The Kier molecular flexibility index (Phi) is 5.08. The predicted molar refractivity (Wildman–Crippen MR) is 95.5 cm³/mol. The molecule has 8 heteroatoms. The maximum absolute atomic E-state index is 13.0. The molecule has 2 atom stereocenters. The molecule has 146 valence electrons. The molecule has 2 aliphatic rings. The van der Waals surface area contributed by atoms with Crippen molar-refractivity contribution in [1.82, 2.24) is 15.5 Å². The molecule has 1 heterocycles. The van der Waals surface area contributed by atoms with Crippen molar-refractivity contribution >= 4 is 17.9 Å². The van der Waals surface area contributed by atoms with Crippen LogP contribution in [-0.2, 0) is 9.53 Å². The fourth-order valence-electron chi connectivity index (χ4n) is 3.38. The van der Waals surface area contributed by atoms with Crippen LogP contribution in [0.4, 0.5) is 9.18 Å². The third-order valence-electron chi connectivity index (χ3n) is 4.69. The van der Waals surface area contributed by atoms with Crippen molar-refractivity contribution < 1.29 is 23.5 Å². The highest BCUT2D eigenvalue weighted by atomic mass is 19.1. The van der Waals surface area contributed by atoms with Crippen molar-refractivity contribution in [3.8, 4) is 0 Å². The summed E-state index contributed by atoms with van der Waals surface area (Å²) >= 11 is 0. The number of amides is 3. The van der Waals surface area contributed by atoms with Crippen LogP contribution < -0.4 is 10.6 Å². The largest absolute Gasteiger partial charge is 0.444 e. The van der Waals surface area contributed by atoms with E-state index in [1.165, 1.54) is 24.3 Å². The van der Waals surface area contributed by atoms with Gasteiger partial charge in [-0.05, 0) is 45.0 Å². The first-order valence-corrected chi connectivity index (χ1v) is 8.95. The van der Waals surface area contributed by atoms with Crippen LogP contribution in [0, 0.1) is 17.7 Å². The average molecular weight is 377 g/mol. The number of ether oxygens (including phenoxy) is 1. The first-order valence-electron chi connectivity index (χ1n) is 8.95. The Bertz CT molecular complexity index is 732. The van der Waals surface area contributed by atoms with E-state index in [1.807, 2.05) is 0 Å². The van der Waals surface area contributed by atoms with Gasteiger partial charge in [0.1, 0.15) is 18.0 Å². The summed E-state index contributed by atoms with van der Waals surface area (Å²) in [4.78, 5) is 37.6. The summed E-state index contributed by atoms with van der Waals surface area (Å²) < 4.78 is 18.0. The minimum absolute atomic E-state index is 0.0233. The number of carbonyl (C=O) groups is 3. The monoisotopic (exact) mass is 377 g/mol. The fourth-order valence-corrected chi connectivity index (χ4v) is 3.38. The van der Waals surface area contributed by atoms with Gasteiger partial charge in [0, 0.05) is 36.5 Å². The van der Waals surface area contributed by atoms with Crippen LogP contribution in [0.3, 0.4) is 0 Å². The van der Waals surface area contributed by atoms with Gasteiger partial charge in [0.15, 0.2) is 0 Å². The van der Waals surface area contributed by atoms with Gasteiger partial charge in [-0.25, -0.2) is 9.18 Å². The average Bonchev–Trinajstić information content (AvgIpc) is 3.02. The molecule has 27 heavy (non-hydrogen) atoms. The number of likely N-dealkylation sites (tertiary alicyclic amines) is 1. The lowest BCUT2D eigenvalue weighted by Crippen LogP contribution is -2.42. The van der Waals surface area contributed by atoms with Gasteiger partial charge in [-0.15, -0.1) is 0 Å². The number of carbonyl (C=O) groups excluding carboxylic acids is 3. The van der Waals surface area contributed by atoms with Gasteiger partial charge in [0.2, 0.25) is 5.91 Å². The highest BCUT2D eigenvalue weighted by Gasteiger charge is 2.57.